The average Bonchev–Trinajstić information content (AvgIpc) is 2.78. The van der Waals surface area contributed by atoms with Crippen LogP contribution in [0.1, 0.15) is 68.4 Å². The molecule has 1 N–H and O–H groups in total. The molecule has 0 saturated heterocycles. The second-order valence-corrected chi connectivity index (χ2v) is 6.87. The van der Waals surface area contributed by atoms with Crippen LogP contribution in [0.4, 0.5) is 0 Å². The van der Waals surface area contributed by atoms with Gasteiger partial charge in [0.15, 0.2) is 5.92 Å². The van der Waals surface area contributed by atoms with Crippen molar-refractivity contribution in [3.05, 3.63) is 35.4 Å². The standard InChI is InChI=1S/C21H27N3O/c22-15-20(16-23)18-11-9-17(10-12-18)13-14-24-21(25)19-7-5-3-1-2-4-6-8-19/h9-12,19-20H,1-8,13-14H2,(H,24,25). The number of nitrogens with one attached hydrogen (secondary N) is 1. The molecule has 1 aliphatic carbocycles. The van der Waals surface area contributed by atoms with E-state index in [4.69, 9.17) is 10.5 Å². The van der Waals surface area contributed by atoms with E-state index in [-0.39, 0.29) is 11.8 Å². The molecular formula is C21H27N3O. The lowest BCUT2D eigenvalue weighted by Crippen LogP contribution is -2.32. The summed E-state index contributed by atoms with van der Waals surface area (Å²) in [4.78, 5) is 12.4. The van der Waals surface area contributed by atoms with E-state index in [2.05, 4.69) is 5.32 Å². The normalized spacial score (nSPS) is 16.1. The summed E-state index contributed by atoms with van der Waals surface area (Å²) in [7, 11) is 0. The fraction of sp³-hybridized carbons (Fsp3) is 0.571. The number of amides is 1. The first-order chi connectivity index (χ1) is 12.2. The van der Waals surface area contributed by atoms with Gasteiger partial charge >= 0.3 is 0 Å². The Morgan fingerprint density at radius 1 is 1.00 bits per heavy atom. The highest BCUT2D eigenvalue weighted by molar-refractivity contribution is 5.78. The third kappa shape index (κ3) is 6.24. The Hall–Kier alpha value is -2.33. The minimum Gasteiger partial charge on any atom is -0.356 e. The molecule has 0 unspecified atom stereocenters. The molecule has 0 bridgehead atoms. The van der Waals surface area contributed by atoms with Gasteiger partial charge in [0.25, 0.3) is 0 Å². The highest BCUT2D eigenvalue weighted by Gasteiger charge is 2.18. The number of nitriles is 2. The zero-order valence-electron chi connectivity index (χ0n) is 14.8. The molecule has 1 fully saturated rings. The van der Waals surface area contributed by atoms with Gasteiger partial charge in [-0.1, -0.05) is 62.8 Å². The maximum absolute atomic E-state index is 12.4. The number of benzene rings is 1. The monoisotopic (exact) mass is 337 g/mol. The predicted molar refractivity (Wildman–Crippen MR) is 97.5 cm³/mol. The first-order valence-electron chi connectivity index (χ1n) is 9.40. The molecule has 1 saturated carbocycles. The SMILES string of the molecule is N#CC(C#N)c1ccc(CCNC(=O)C2CCCCCCCC2)cc1. The Kier molecular flexibility index (Phi) is 7.99. The fourth-order valence-corrected chi connectivity index (χ4v) is 3.42. The largest absolute Gasteiger partial charge is 0.356 e. The lowest BCUT2D eigenvalue weighted by Gasteiger charge is -2.16. The summed E-state index contributed by atoms with van der Waals surface area (Å²) in [5.41, 5.74) is 1.83. The van der Waals surface area contributed by atoms with Crippen molar-refractivity contribution in [2.45, 2.75) is 63.7 Å². The van der Waals surface area contributed by atoms with Gasteiger partial charge in [-0.25, -0.2) is 0 Å². The van der Waals surface area contributed by atoms with Gasteiger partial charge in [-0.15, -0.1) is 0 Å². The Morgan fingerprint density at radius 3 is 2.12 bits per heavy atom. The van der Waals surface area contributed by atoms with Gasteiger partial charge in [0.05, 0.1) is 12.1 Å². The zero-order chi connectivity index (χ0) is 17.9. The Balaban J connectivity index is 1.78. The molecule has 1 aromatic carbocycles. The van der Waals surface area contributed by atoms with Crippen LogP contribution in [0.3, 0.4) is 0 Å². The summed E-state index contributed by atoms with van der Waals surface area (Å²) < 4.78 is 0. The quantitative estimate of drug-likeness (QED) is 0.873. The highest BCUT2D eigenvalue weighted by Crippen LogP contribution is 2.22. The Morgan fingerprint density at radius 2 is 1.56 bits per heavy atom. The van der Waals surface area contributed by atoms with Crippen LogP contribution in [0.15, 0.2) is 24.3 Å². The van der Waals surface area contributed by atoms with E-state index in [1.54, 1.807) is 0 Å². The molecule has 2 rings (SSSR count). The first kappa shape index (κ1) is 19.0. The second kappa shape index (κ2) is 10.5. The number of nitrogens with zero attached hydrogens (tertiary/aromatic N) is 2. The van der Waals surface area contributed by atoms with Crippen LogP contribution in [0.2, 0.25) is 0 Å². The lowest BCUT2D eigenvalue weighted by atomic mass is 9.96. The van der Waals surface area contributed by atoms with E-state index in [1.807, 2.05) is 36.4 Å². The molecule has 1 aromatic rings. The molecule has 0 spiro atoms. The first-order valence-corrected chi connectivity index (χ1v) is 9.40. The van der Waals surface area contributed by atoms with E-state index in [9.17, 15) is 4.79 Å². The number of carbonyl (C=O) groups is 1. The number of hydrogen-bond acceptors (Lipinski definition) is 3. The van der Waals surface area contributed by atoms with Gasteiger partial charge in [-0.3, -0.25) is 4.79 Å². The van der Waals surface area contributed by atoms with Crippen molar-refractivity contribution in [1.82, 2.24) is 5.32 Å². The summed E-state index contributed by atoms with van der Waals surface area (Å²) in [6.07, 6.45) is 10.3. The smallest absolute Gasteiger partial charge is 0.223 e. The maximum Gasteiger partial charge on any atom is 0.223 e. The van der Waals surface area contributed by atoms with Crippen molar-refractivity contribution in [3.8, 4) is 12.1 Å². The number of carbonyl (C=O) groups excluding carboxylic acids is 1. The van der Waals surface area contributed by atoms with Crippen LogP contribution in [-0.4, -0.2) is 12.5 Å². The molecule has 1 aliphatic rings. The van der Waals surface area contributed by atoms with Crippen molar-refractivity contribution in [2.24, 2.45) is 5.92 Å². The van der Waals surface area contributed by atoms with Gasteiger partial charge in [0, 0.05) is 12.5 Å². The van der Waals surface area contributed by atoms with E-state index in [0.717, 1.165) is 30.4 Å². The van der Waals surface area contributed by atoms with Crippen molar-refractivity contribution in [1.29, 1.82) is 10.5 Å². The number of hydrogen-bond donors (Lipinski definition) is 1. The van der Waals surface area contributed by atoms with Crippen molar-refractivity contribution < 1.29 is 4.79 Å². The highest BCUT2D eigenvalue weighted by atomic mass is 16.1. The number of rotatable bonds is 5. The Bertz CT molecular complexity index is 600. The molecule has 4 nitrogen and oxygen atoms in total. The summed E-state index contributed by atoms with van der Waals surface area (Å²) in [6, 6.07) is 11.5. The topological polar surface area (TPSA) is 76.7 Å². The summed E-state index contributed by atoms with van der Waals surface area (Å²) in [5.74, 6) is -0.336. The minimum absolute atomic E-state index is 0.174. The molecule has 0 aromatic heterocycles. The predicted octanol–water partition coefficient (Wildman–Crippen LogP) is 4.23. The molecule has 1 amide bonds. The van der Waals surface area contributed by atoms with Crippen molar-refractivity contribution >= 4 is 5.91 Å². The molecule has 0 heterocycles. The van der Waals surface area contributed by atoms with Gasteiger partial charge in [0.1, 0.15) is 0 Å². The van der Waals surface area contributed by atoms with Gasteiger partial charge in [-0.05, 0) is 30.4 Å². The Labute approximate surface area is 150 Å². The lowest BCUT2D eigenvalue weighted by molar-refractivity contribution is -0.125. The van der Waals surface area contributed by atoms with Crippen LogP contribution >= 0.6 is 0 Å². The fourth-order valence-electron chi connectivity index (χ4n) is 3.42. The van der Waals surface area contributed by atoms with Crippen LogP contribution in [0.5, 0.6) is 0 Å². The van der Waals surface area contributed by atoms with Gasteiger partial charge < -0.3 is 5.32 Å². The molecule has 25 heavy (non-hydrogen) atoms. The summed E-state index contributed by atoms with van der Waals surface area (Å²) in [5, 5.41) is 20.9. The molecule has 132 valence electrons. The second-order valence-electron chi connectivity index (χ2n) is 6.87. The molecule has 0 radical (unpaired) electrons. The summed E-state index contributed by atoms with van der Waals surface area (Å²) >= 11 is 0. The van der Waals surface area contributed by atoms with E-state index < -0.39 is 5.92 Å². The molecule has 4 heteroatoms. The van der Waals surface area contributed by atoms with E-state index in [1.165, 1.54) is 38.5 Å². The van der Waals surface area contributed by atoms with Crippen LogP contribution in [0.25, 0.3) is 0 Å². The summed E-state index contributed by atoms with van der Waals surface area (Å²) in [6.45, 7) is 0.634. The van der Waals surface area contributed by atoms with Crippen molar-refractivity contribution in [3.63, 3.8) is 0 Å². The van der Waals surface area contributed by atoms with Crippen molar-refractivity contribution in [2.75, 3.05) is 6.54 Å². The van der Waals surface area contributed by atoms with Crippen LogP contribution in [-0.2, 0) is 11.2 Å². The molecule has 0 aliphatic heterocycles. The molecule has 0 atom stereocenters. The van der Waals surface area contributed by atoms with Gasteiger partial charge in [0.2, 0.25) is 5.91 Å². The average molecular weight is 337 g/mol. The van der Waals surface area contributed by atoms with Crippen LogP contribution in [0, 0.1) is 28.6 Å². The molecular weight excluding hydrogens is 310 g/mol. The van der Waals surface area contributed by atoms with Gasteiger partial charge in [-0.2, -0.15) is 10.5 Å². The van der Waals surface area contributed by atoms with E-state index in [0.29, 0.717) is 6.54 Å². The zero-order valence-corrected chi connectivity index (χ0v) is 14.8. The minimum atomic E-state index is -0.711. The van der Waals surface area contributed by atoms with Crippen LogP contribution < -0.4 is 5.32 Å². The van der Waals surface area contributed by atoms with E-state index >= 15 is 0 Å². The third-order valence-electron chi connectivity index (χ3n) is 5.01. The maximum atomic E-state index is 12.4. The third-order valence-corrected chi connectivity index (χ3v) is 5.01.